The minimum atomic E-state index is -0.0915. The SMILES string of the molecule is CC(=O)Nc1nc2c(N3CCNCC3)c(C(C)c3ccc(Br)cc3)ccc2s1. The summed E-state index contributed by atoms with van der Waals surface area (Å²) in [6.45, 7) is 7.59. The lowest BCUT2D eigenvalue weighted by molar-refractivity contribution is -0.114. The molecule has 0 radical (unpaired) electrons. The summed E-state index contributed by atoms with van der Waals surface area (Å²) in [5.74, 6) is 0.152. The Labute approximate surface area is 177 Å². The highest BCUT2D eigenvalue weighted by atomic mass is 79.9. The summed E-state index contributed by atoms with van der Waals surface area (Å²) in [6, 6.07) is 12.9. The van der Waals surface area contributed by atoms with Crippen LogP contribution in [0, 0.1) is 0 Å². The number of anilines is 2. The molecule has 1 saturated heterocycles. The molecule has 1 unspecified atom stereocenters. The number of aromatic nitrogens is 1. The van der Waals surface area contributed by atoms with Crippen molar-refractivity contribution in [2.24, 2.45) is 0 Å². The van der Waals surface area contributed by atoms with Crippen LogP contribution < -0.4 is 15.5 Å². The fraction of sp³-hybridized carbons (Fsp3) is 0.333. The first-order chi connectivity index (χ1) is 13.5. The molecule has 0 aliphatic carbocycles. The van der Waals surface area contributed by atoms with Gasteiger partial charge in [-0.05, 0) is 29.3 Å². The number of nitrogens with one attached hydrogen (secondary N) is 2. The molecule has 1 atom stereocenters. The van der Waals surface area contributed by atoms with Gasteiger partial charge in [-0.3, -0.25) is 4.79 Å². The van der Waals surface area contributed by atoms with Crippen LogP contribution in [-0.2, 0) is 4.79 Å². The van der Waals surface area contributed by atoms with Gasteiger partial charge in [0.1, 0.15) is 5.52 Å². The molecule has 0 saturated carbocycles. The van der Waals surface area contributed by atoms with Crippen molar-refractivity contribution in [3.05, 3.63) is 52.0 Å². The Morgan fingerprint density at radius 3 is 2.61 bits per heavy atom. The highest BCUT2D eigenvalue weighted by molar-refractivity contribution is 9.10. The van der Waals surface area contributed by atoms with Gasteiger partial charge in [-0.1, -0.05) is 52.4 Å². The summed E-state index contributed by atoms with van der Waals surface area (Å²) in [4.78, 5) is 18.7. The van der Waals surface area contributed by atoms with Gasteiger partial charge in [0.2, 0.25) is 5.91 Å². The maximum absolute atomic E-state index is 11.5. The van der Waals surface area contributed by atoms with E-state index in [1.165, 1.54) is 35.1 Å². The van der Waals surface area contributed by atoms with E-state index in [0.717, 1.165) is 40.9 Å². The Kier molecular flexibility index (Phi) is 5.66. The molecule has 5 nitrogen and oxygen atoms in total. The van der Waals surface area contributed by atoms with Crippen molar-refractivity contribution < 1.29 is 4.79 Å². The number of carbonyl (C=O) groups excluding carboxylic acids is 1. The van der Waals surface area contributed by atoms with Gasteiger partial charge in [-0.2, -0.15) is 0 Å². The monoisotopic (exact) mass is 458 g/mol. The summed E-state index contributed by atoms with van der Waals surface area (Å²) in [6.07, 6.45) is 0. The predicted octanol–water partition coefficient (Wildman–Crippen LogP) is 4.58. The zero-order valence-corrected chi connectivity index (χ0v) is 18.4. The number of rotatable bonds is 4. The number of halogens is 1. The van der Waals surface area contributed by atoms with Crippen LogP contribution in [0.4, 0.5) is 10.8 Å². The van der Waals surface area contributed by atoms with Crippen molar-refractivity contribution in [1.29, 1.82) is 0 Å². The van der Waals surface area contributed by atoms with Gasteiger partial charge in [0, 0.05) is 43.5 Å². The van der Waals surface area contributed by atoms with E-state index in [9.17, 15) is 4.79 Å². The molecule has 2 aromatic carbocycles. The van der Waals surface area contributed by atoms with E-state index in [0.29, 0.717) is 5.13 Å². The number of amides is 1. The van der Waals surface area contributed by atoms with E-state index >= 15 is 0 Å². The standard InChI is InChI=1S/C21H23BrN4OS/c1-13(15-3-5-16(22)6-4-15)17-7-8-18-19(25-21(28-18)24-14(2)27)20(17)26-11-9-23-10-12-26/h3-8,13,23H,9-12H2,1-2H3,(H,24,25,27). The van der Waals surface area contributed by atoms with E-state index in [-0.39, 0.29) is 11.8 Å². The third-order valence-corrected chi connectivity index (χ3v) is 6.58. The smallest absolute Gasteiger partial charge is 0.223 e. The topological polar surface area (TPSA) is 57.3 Å². The molecule has 3 aromatic rings. The fourth-order valence-electron chi connectivity index (χ4n) is 3.70. The second-order valence-corrected chi connectivity index (χ2v) is 9.01. The number of hydrogen-bond donors (Lipinski definition) is 2. The van der Waals surface area contributed by atoms with Gasteiger partial charge in [-0.15, -0.1) is 0 Å². The Balaban J connectivity index is 1.84. The molecule has 0 bridgehead atoms. The van der Waals surface area contributed by atoms with E-state index < -0.39 is 0 Å². The van der Waals surface area contributed by atoms with Crippen LogP contribution in [-0.4, -0.2) is 37.1 Å². The minimum absolute atomic E-state index is 0.0915. The molecular weight excluding hydrogens is 436 g/mol. The summed E-state index contributed by atoms with van der Waals surface area (Å²) < 4.78 is 2.18. The molecular formula is C21H23BrN4OS. The van der Waals surface area contributed by atoms with Crippen LogP contribution in [0.2, 0.25) is 0 Å². The van der Waals surface area contributed by atoms with Crippen molar-refractivity contribution in [2.75, 3.05) is 36.4 Å². The summed E-state index contributed by atoms with van der Waals surface area (Å²) in [5.41, 5.74) is 4.73. The molecule has 1 aromatic heterocycles. The lowest BCUT2D eigenvalue weighted by atomic mass is 9.91. The third kappa shape index (κ3) is 3.92. The van der Waals surface area contributed by atoms with E-state index in [1.54, 1.807) is 0 Å². The average molecular weight is 459 g/mol. The van der Waals surface area contributed by atoms with Crippen LogP contribution in [0.15, 0.2) is 40.9 Å². The first-order valence-electron chi connectivity index (χ1n) is 9.45. The first kappa shape index (κ1) is 19.4. The summed E-state index contributed by atoms with van der Waals surface area (Å²) >= 11 is 5.05. The largest absolute Gasteiger partial charge is 0.367 e. The summed E-state index contributed by atoms with van der Waals surface area (Å²) in [5, 5.41) is 6.93. The quantitative estimate of drug-likeness (QED) is 0.600. The van der Waals surface area contributed by atoms with Crippen molar-refractivity contribution in [3.63, 3.8) is 0 Å². The highest BCUT2D eigenvalue weighted by Gasteiger charge is 2.23. The van der Waals surface area contributed by atoms with Gasteiger partial charge in [-0.25, -0.2) is 4.98 Å². The van der Waals surface area contributed by atoms with Crippen LogP contribution in [0.1, 0.15) is 30.9 Å². The number of benzene rings is 2. The third-order valence-electron chi connectivity index (χ3n) is 5.12. The normalized spacial score (nSPS) is 15.6. The number of carbonyl (C=O) groups is 1. The van der Waals surface area contributed by atoms with Crippen LogP contribution >= 0.6 is 27.3 Å². The Bertz CT molecular complexity index is 996. The molecule has 1 aliphatic rings. The second-order valence-electron chi connectivity index (χ2n) is 7.06. The van der Waals surface area contributed by atoms with Crippen LogP contribution in [0.5, 0.6) is 0 Å². The zero-order valence-electron chi connectivity index (χ0n) is 16.0. The van der Waals surface area contributed by atoms with Gasteiger partial charge in [0.25, 0.3) is 0 Å². The van der Waals surface area contributed by atoms with Crippen molar-refractivity contribution >= 4 is 54.2 Å². The maximum atomic E-state index is 11.5. The molecule has 1 aliphatic heterocycles. The van der Waals surface area contributed by atoms with Crippen molar-refractivity contribution in [3.8, 4) is 0 Å². The molecule has 0 spiro atoms. The Hall–Kier alpha value is -1.96. The van der Waals surface area contributed by atoms with Gasteiger partial charge in [0.05, 0.1) is 10.4 Å². The van der Waals surface area contributed by atoms with E-state index in [1.807, 2.05) is 0 Å². The van der Waals surface area contributed by atoms with E-state index in [2.05, 4.69) is 74.8 Å². The van der Waals surface area contributed by atoms with Crippen LogP contribution in [0.25, 0.3) is 10.2 Å². The molecule has 146 valence electrons. The lowest BCUT2D eigenvalue weighted by Gasteiger charge is -2.32. The van der Waals surface area contributed by atoms with Gasteiger partial charge in [0.15, 0.2) is 5.13 Å². The average Bonchev–Trinajstić information content (AvgIpc) is 3.09. The van der Waals surface area contributed by atoms with Gasteiger partial charge < -0.3 is 15.5 Å². The second kappa shape index (κ2) is 8.19. The number of nitrogens with zero attached hydrogens (tertiary/aromatic N) is 2. The molecule has 1 fully saturated rings. The van der Waals surface area contributed by atoms with Crippen molar-refractivity contribution in [2.45, 2.75) is 19.8 Å². The number of piperazine rings is 1. The fourth-order valence-corrected chi connectivity index (χ4v) is 4.88. The first-order valence-corrected chi connectivity index (χ1v) is 11.1. The molecule has 7 heteroatoms. The molecule has 2 N–H and O–H groups in total. The molecule has 1 amide bonds. The minimum Gasteiger partial charge on any atom is -0.367 e. The number of thiazole rings is 1. The highest BCUT2D eigenvalue weighted by Crippen LogP contribution is 2.40. The molecule has 4 rings (SSSR count). The van der Waals surface area contributed by atoms with Crippen molar-refractivity contribution in [1.82, 2.24) is 10.3 Å². The lowest BCUT2D eigenvalue weighted by Crippen LogP contribution is -2.44. The Morgan fingerprint density at radius 1 is 1.21 bits per heavy atom. The van der Waals surface area contributed by atoms with Gasteiger partial charge >= 0.3 is 0 Å². The molecule has 28 heavy (non-hydrogen) atoms. The van der Waals surface area contributed by atoms with Crippen LogP contribution in [0.3, 0.4) is 0 Å². The zero-order chi connectivity index (χ0) is 19.7. The summed E-state index contributed by atoms with van der Waals surface area (Å²) in [7, 11) is 0. The maximum Gasteiger partial charge on any atom is 0.223 e. The predicted molar refractivity (Wildman–Crippen MR) is 121 cm³/mol. The number of fused-ring (bicyclic) bond motifs is 1. The number of hydrogen-bond acceptors (Lipinski definition) is 5. The molecule has 2 heterocycles. The Morgan fingerprint density at radius 2 is 1.93 bits per heavy atom. The van der Waals surface area contributed by atoms with E-state index in [4.69, 9.17) is 4.98 Å².